The van der Waals surface area contributed by atoms with E-state index in [0.717, 1.165) is 6.07 Å². The van der Waals surface area contributed by atoms with E-state index >= 15 is 0 Å². The lowest BCUT2D eigenvalue weighted by atomic mass is 9.77. The number of benzene rings is 1. The molecule has 1 aromatic rings. The molecule has 1 fully saturated rings. The summed E-state index contributed by atoms with van der Waals surface area (Å²) in [4.78, 5) is 0. The highest BCUT2D eigenvalue weighted by Gasteiger charge is 2.27. The van der Waals surface area contributed by atoms with Crippen LogP contribution in [0.25, 0.3) is 0 Å². The Labute approximate surface area is 105 Å². The third-order valence-corrected chi connectivity index (χ3v) is 3.55. The first-order chi connectivity index (χ1) is 8.47. The second-order valence-corrected chi connectivity index (χ2v) is 5.05. The molecule has 0 aliphatic heterocycles. The van der Waals surface area contributed by atoms with E-state index in [1.807, 2.05) is 0 Å². The summed E-state index contributed by atoms with van der Waals surface area (Å²) >= 11 is 0. The highest BCUT2D eigenvalue weighted by atomic mass is 19.4. The third-order valence-electron chi connectivity index (χ3n) is 3.55. The summed E-state index contributed by atoms with van der Waals surface area (Å²) in [5.41, 5.74) is -0.283. The molecule has 100 valence electrons. The van der Waals surface area contributed by atoms with Crippen LogP contribution in [-0.4, -0.2) is 13.6 Å². The van der Waals surface area contributed by atoms with Gasteiger partial charge in [0.2, 0.25) is 0 Å². The molecule has 0 bridgehead atoms. The number of ether oxygens (including phenoxy) is 1. The van der Waals surface area contributed by atoms with Gasteiger partial charge in [0.1, 0.15) is 5.75 Å². The van der Waals surface area contributed by atoms with Gasteiger partial charge in [-0.2, -0.15) is 0 Å². The Morgan fingerprint density at radius 3 is 2.44 bits per heavy atom. The van der Waals surface area contributed by atoms with Gasteiger partial charge in [0.25, 0.3) is 0 Å². The Morgan fingerprint density at radius 2 is 1.89 bits per heavy atom. The van der Waals surface area contributed by atoms with Crippen LogP contribution in [0, 0.1) is 12.8 Å². The predicted molar refractivity (Wildman–Crippen MR) is 67.3 cm³/mol. The molecule has 18 heavy (non-hydrogen) atoms. The highest BCUT2D eigenvalue weighted by Crippen LogP contribution is 2.26. The van der Waals surface area contributed by atoms with Crippen molar-refractivity contribution in [1.82, 2.24) is 0 Å². The van der Waals surface area contributed by atoms with Crippen molar-refractivity contribution in [3.63, 3.8) is 0 Å². The molecule has 2 rings (SSSR count). The van der Waals surface area contributed by atoms with Gasteiger partial charge in [-0.3, -0.25) is 0 Å². The fraction of sp³-hybridized carbons (Fsp3) is 0.538. The summed E-state index contributed by atoms with van der Waals surface area (Å²) in [6.07, 6.45) is 4.82. The molecule has 0 atom stereocenters. The SMILES string of the molecule is Cc1cc(OCC2CCCC2)ccc1[B-](F)(F)F. The van der Waals surface area contributed by atoms with Crippen LogP contribution >= 0.6 is 0 Å². The summed E-state index contributed by atoms with van der Waals surface area (Å²) < 4.78 is 43.5. The first kappa shape index (κ1) is 13.3. The fourth-order valence-electron chi connectivity index (χ4n) is 2.50. The van der Waals surface area contributed by atoms with Crippen LogP contribution in [0.15, 0.2) is 18.2 Å². The van der Waals surface area contributed by atoms with Crippen molar-refractivity contribution in [3.8, 4) is 5.75 Å². The van der Waals surface area contributed by atoms with Crippen LogP contribution in [-0.2, 0) is 0 Å². The second-order valence-electron chi connectivity index (χ2n) is 5.05. The molecule has 0 amide bonds. The lowest BCUT2D eigenvalue weighted by molar-refractivity contribution is 0.252. The number of aryl methyl sites for hydroxylation is 1. The van der Waals surface area contributed by atoms with E-state index < -0.39 is 12.4 Å². The zero-order valence-electron chi connectivity index (χ0n) is 10.5. The maximum absolute atomic E-state index is 12.6. The van der Waals surface area contributed by atoms with Crippen molar-refractivity contribution in [3.05, 3.63) is 23.8 Å². The Bertz CT molecular complexity index is 411. The Hall–Kier alpha value is -1.13. The lowest BCUT2D eigenvalue weighted by Crippen LogP contribution is -2.35. The van der Waals surface area contributed by atoms with E-state index in [0.29, 0.717) is 18.3 Å². The molecule has 1 saturated carbocycles. The Balaban J connectivity index is 2.00. The van der Waals surface area contributed by atoms with Crippen molar-refractivity contribution in [2.24, 2.45) is 5.92 Å². The molecule has 0 unspecified atom stereocenters. The molecular weight excluding hydrogens is 240 g/mol. The Kier molecular flexibility index (Phi) is 3.88. The van der Waals surface area contributed by atoms with Crippen LogP contribution in [0.2, 0.25) is 0 Å². The van der Waals surface area contributed by atoms with Crippen LogP contribution in [0.1, 0.15) is 31.2 Å². The van der Waals surface area contributed by atoms with Gasteiger partial charge in [0.05, 0.1) is 6.61 Å². The number of rotatable bonds is 4. The average molecular weight is 257 g/mol. The smallest absolute Gasteiger partial charge is 0.493 e. The molecular formula is C13H17BF3O-. The van der Waals surface area contributed by atoms with Gasteiger partial charge in [0, 0.05) is 0 Å². The van der Waals surface area contributed by atoms with E-state index in [-0.39, 0.29) is 5.56 Å². The highest BCUT2D eigenvalue weighted by molar-refractivity contribution is 6.74. The van der Waals surface area contributed by atoms with Gasteiger partial charge >= 0.3 is 6.98 Å². The molecule has 1 aliphatic rings. The molecule has 0 spiro atoms. The number of halogens is 3. The summed E-state index contributed by atoms with van der Waals surface area (Å²) in [5, 5.41) is 0. The van der Waals surface area contributed by atoms with Crippen molar-refractivity contribution in [2.45, 2.75) is 32.6 Å². The van der Waals surface area contributed by atoms with E-state index in [4.69, 9.17) is 4.74 Å². The van der Waals surface area contributed by atoms with Crippen molar-refractivity contribution < 1.29 is 17.7 Å². The quantitative estimate of drug-likeness (QED) is 0.748. The molecule has 1 aromatic carbocycles. The van der Waals surface area contributed by atoms with Crippen molar-refractivity contribution in [2.75, 3.05) is 6.61 Å². The second kappa shape index (κ2) is 5.25. The lowest BCUT2D eigenvalue weighted by Gasteiger charge is -2.19. The minimum atomic E-state index is -4.92. The van der Waals surface area contributed by atoms with Gasteiger partial charge in [-0.15, -0.1) is 5.46 Å². The van der Waals surface area contributed by atoms with Crippen LogP contribution in [0.5, 0.6) is 5.75 Å². The first-order valence-electron chi connectivity index (χ1n) is 6.40. The number of hydrogen-bond donors (Lipinski definition) is 0. The summed E-state index contributed by atoms with van der Waals surface area (Å²) in [7, 11) is 0. The summed E-state index contributed by atoms with van der Waals surface area (Å²) in [6.45, 7) is -2.82. The van der Waals surface area contributed by atoms with Crippen LogP contribution in [0.3, 0.4) is 0 Å². The Morgan fingerprint density at radius 1 is 1.22 bits per heavy atom. The number of hydrogen-bond acceptors (Lipinski definition) is 1. The first-order valence-corrected chi connectivity index (χ1v) is 6.40. The molecule has 5 heteroatoms. The maximum atomic E-state index is 12.6. The monoisotopic (exact) mass is 257 g/mol. The van der Waals surface area contributed by atoms with E-state index in [1.165, 1.54) is 44.7 Å². The van der Waals surface area contributed by atoms with Gasteiger partial charge in [-0.05, 0) is 37.8 Å². The standard InChI is InChI=1S/C13H17BF3O/c1-10-8-12(6-7-13(10)14(15,16)17)18-9-11-4-2-3-5-11/h6-8,11H,2-5,9H2,1H3/q-1. The zero-order valence-corrected chi connectivity index (χ0v) is 10.5. The van der Waals surface area contributed by atoms with Gasteiger partial charge in [0.15, 0.2) is 0 Å². The van der Waals surface area contributed by atoms with E-state index in [9.17, 15) is 12.9 Å². The van der Waals surface area contributed by atoms with E-state index in [2.05, 4.69) is 0 Å². The van der Waals surface area contributed by atoms with E-state index in [1.54, 1.807) is 0 Å². The molecule has 0 N–H and O–H groups in total. The topological polar surface area (TPSA) is 9.23 Å². The minimum Gasteiger partial charge on any atom is -0.493 e. The molecule has 0 radical (unpaired) electrons. The normalized spacial score (nSPS) is 17.1. The fourth-order valence-corrected chi connectivity index (χ4v) is 2.50. The predicted octanol–water partition coefficient (Wildman–Crippen LogP) is 3.62. The molecule has 0 heterocycles. The molecule has 0 aromatic heterocycles. The molecule has 1 aliphatic carbocycles. The van der Waals surface area contributed by atoms with Crippen molar-refractivity contribution in [1.29, 1.82) is 0 Å². The van der Waals surface area contributed by atoms with Gasteiger partial charge < -0.3 is 17.7 Å². The summed E-state index contributed by atoms with van der Waals surface area (Å²) in [6, 6.07) is 4.03. The largest absolute Gasteiger partial charge is 0.509 e. The van der Waals surface area contributed by atoms with Crippen LogP contribution < -0.4 is 10.2 Å². The maximum Gasteiger partial charge on any atom is 0.509 e. The van der Waals surface area contributed by atoms with Crippen LogP contribution in [0.4, 0.5) is 12.9 Å². The van der Waals surface area contributed by atoms with Gasteiger partial charge in [-0.25, -0.2) is 0 Å². The average Bonchev–Trinajstić information content (AvgIpc) is 2.77. The molecule has 0 saturated heterocycles. The third kappa shape index (κ3) is 3.21. The van der Waals surface area contributed by atoms with Gasteiger partial charge in [-0.1, -0.05) is 24.5 Å². The van der Waals surface area contributed by atoms with Crippen molar-refractivity contribution >= 4 is 12.4 Å². The molecule has 1 nitrogen and oxygen atoms in total. The minimum absolute atomic E-state index is 0.242. The zero-order chi connectivity index (χ0) is 13.2. The summed E-state index contributed by atoms with van der Waals surface area (Å²) in [5.74, 6) is 1.11.